The quantitative estimate of drug-likeness (QED) is 0.311. The second kappa shape index (κ2) is 11.6. The van der Waals surface area contributed by atoms with Crippen molar-refractivity contribution in [2.45, 2.75) is 19.2 Å². The number of fused-ring (bicyclic) bond motifs is 1. The van der Waals surface area contributed by atoms with E-state index < -0.39 is 11.9 Å². The molecule has 1 aromatic heterocycles. The number of ether oxygens (including phenoxy) is 2. The highest BCUT2D eigenvalue weighted by atomic mass is 35.5. The maximum absolute atomic E-state index is 12.9. The molecule has 2 aromatic carbocycles. The van der Waals surface area contributed by atoms with Gasteiger partial charge in [0, 0.05) is 21.2 Å². The molecule has 1 atom stereocenters. The third-order valence-electron chi connectivity index (χ3n) is 6.07. The van der Waals surface area contributed by atoms with Gasteiger partial charge in [-0.15, -0.1) is 17.9 Å². The fourth-order valence-electron chi connectivity index (χ4n) is 4.10. The third-order valence-corrected chi connectivity index (χ3v) is 7.77. The van der Waals surface area contributed by atoms with Gasteiger partial charge in [0.15, 0.2) is 0 Å². The first-order valence-corrected chi connectivity index (χ1v) is 12.7. The van der Waals surface area contributed by atoms with Gasteiger partial charge in [-0.1, -0.05) is 66.2 Å². The van der Waals surface area contributed by atoms with E-state index in [0.29, 0.717) is 17.1 Å². The van der Waals surface area contributed by atoms with Crippen molar-refractivity contribution in [3.63, 3.8) is 0 Å². The molecule has 3 aromatic rings. The number of carbonyl (C=O) groups excluding carboxylic acids is 2. The second-order valence-electron chi connectivity index (χ2n) is 8.30. The Hall–Kier alpha value is -3.65. The van der Waals surface area contributed by atoms with Gasteiger partial charge < -0.3 is 19.5 Å². The number of aliphatic hydroxyl groups is 1. The van der Waals surface area contributed by atoms with Gasteiger partial charge in [-0.3, -0.25) is 0 Å². The van der Waals surface area contributed by atoms with Crippen LogP contribution in [0.2, 0.25) is 5.02 Å². The first-order valence-electron chi connectivity index (χ1n) is 11.5. The Morgan fingerprint density at radius 1 is 1.08 bits per heavy atom. The molecule has 4 rings (SSSR count). The first kappa shape index (κ1) is 26.4. The molecule has 2 heterocycles. The van der Waals surface area contributed by atoms with Crippen molar-refractivity contribution >= 4 is 50.5 Å². The Morgan fingerprint density at radius 3 is 2.38 bits per heavy atom. The molecule has 37 heavy (non-hydrogen) atoms. The number of nitrogens with zero attached hydrogens (tertiary/aromatic N) is 1. The molecule has 0 aliphatic carbocycles. The molecule has 190 valence electrons. The molecule has 1 unspecified atom stereocenters. The molecule has 0 radical (unpaired) electrons. The van der Waals surface area contributed by atoms with Crippen LogP contribution in [0.25, 0.3) is 15.7 Å². The molecule has 0 spiro atoms. The number of hydrogen-bond acceptors (Lipinski definition) is 7. The van der Waals surface area contributed by atoms with Gasteiger partial charge >= 0.3 is 11.9 Å². The monoisotopic (exact) mass is 535 g/mol. The summed E-state index contributed by atoms with van der Waals surface area (Å²) in [6.45, 7) is 4.29. The van der Waals surface area contributed by atoms with Gasteiger partial charge in [0.2, 0.25) is 0 Å². The van der Waals surface area contributed by atoms with Crippen LogP contribution in [-0.4, -0.2) is 42.2 Å². The molecule has 0 bridgehead atoms. The van der Waals surface area contributed by atoms with Gasteiger partial charge in [-0.2, -0.15) is 0 Å². The van der Waals surface area contributed by atoms with Gasteiger partial charge in [-0.25, -0.2) is 9.59 Å². The largest absolute Gasteiger partial charge is 0.465 e. The topological polar surface area (TPSA) is 76.1 Å². The van der Waals surface area contributed by atoms with Crippen LogP contribution in [0.15, 0.2) is 90.7 Å². The summed E-state index contributed by atoms with van der Waals surface area (Å²) in [6.07, 6.45) is 6.92. The number of methoxy groups -OCH3 is 2. The van der Waals surface area contributed by atoms with E-state index in [2.05, 4.69) is 6.58 Å². The van der Waals surface area contributed by atoms with Crippen LogP contribution < -0.4 is 0 Å². The molecule has 8 heteroatoms. The van der Waals surface area contributed by atoms with Gasteiger partial charge in [0.1, 0.15) is 0 Å². The Kier molecular flexibility index (Phi) is 8.28. The van der Waals surface area contributed by atoms with E-state index in [4.69, 9.17) is 21.1 Å². The number of thiophene rings is 1. The average Bonchev–Trinajstić information content (AvgIpc) is 3.24. The maximum Gasteiger partial charge on any atom is 0.340 e. The van der Waals surface area contributed by atoms with E-state index in [0.717, 1.165) is 26.1 Å². The van der Waals surface area contributed by atoms with E-state index in [-0.39, 0.29) is 23.8 Å². The summed E-state index contributed by atoms with van der Waals surface area (Å²) in [5.74, 6) is -1.35. The number of carbonyl (C=O) groups is 2. The SMILES string of the molecule is C=CC1C=C(c2ccc(CO)cc2)C=C(C(=O)OC)C(C(=O)OC)=CN1Cc1sc2ccccc2c1Cl. The summed E-state index contributed by atoms with van der Waals surface area (Å²) < 4.78 is 11.1. The Morgan fingerprint density at radius 2 is 1.76 bits per heavy atom. The zero-order chi connectivity index (χ0) is 26.5. The van der Waals surface area contributed by atoms with Crippen molar-refractivity contribution in [1.82, 2.24) is 4.90 Å². The summed E-state index contributed by atoms with van der Waals surface area (Å²) >= 11 is 8.31. The van der Waals surface area contributed by atoms with Crippen molar-refractivity contribution in [1.29, 1.82) is 0 Å². The maximum atomic E-state index is 12.9. The lowest BCUT2D eigenvalue weighted by molar-refractivity contribution is -0.139. The Bertz CT molecular complexity index is 1430. The minimum absolute atomic E-state index is 0.0519. The van der Waals surface area contributed by atoms with Crippen molar-refractivity contribution in [3.8, 4) is 0 Å². The first-order chi connectivity index (χ1) is 17.9. The zero-order valence-electron chi connectivity index (χ0n) is 20.4. The summed E-state index contributed by atoms with van der Waals surface area (Å²) in [6, 6.07) is 14.8. The lowest BCUT2D eigenvalue weighted by Gasteiger charge is -2.29. The smallest absolute Gasteiger partial charge is 0.340 e. The predicted octanol–water partition coefficient (Wildman–Crippen LogP) is 5.66. The van der Waals surface area contributed by atoms with Crippen LogP contribution in [0, 0.1) is 0 Å². The van der Waals surface area contributed by atoms with Crippen LogP contribution >= 0.6 is 22.9 Å². The van der Waals surface area contributed by atoms with Crippen LogP contribution in [-0.2, 0) is 32.2 Å². The summed E-state index contributed by atoms with van der Waals surface area (Å²) in [7, 11) is 2.52. The molecule has 1 N–H and O–H groups in total. The highest BCUT2D eigenvalue weighted by Gasteiger charge is 2.28. The van der Waals surface area contributed by atoms with Crippen molar-refractivity contribution in [2.24, 2.45) is 0 Å². The second-order valence-corrected chi connectivity index (χ2v) is 9.81. The summed E-state index contributed by atoms with van der Waals surface area (Å²) in [4.78, 5) is 28.6. The highest BCUT2D eigenvalue weighted by molar-refractivity contribution is 7.19. The molecule has 0 saturated carbocycles. The van der Waals surface area contributed by atoms with E-state index in [1.807, 2.05) is 47.4 Å². The van der Waals surface area contributed by atoms with E-state index in [1.165, 1.54) is 14.2 Å². The molecule has 0 amide bonds. The standard InChI is InChI=1S/C29H26ClNO5S/c1-4-21-13-20(19-11-9-18(17-32)10-12-19)14-23(28(33)35-2)24(29(34)36-3)15-31(21)16-26-27(30)22-7-5-6-8-25(22)37-26/h4-15,21,32H,1,16-17H2,2-3H3. The normalized spacial score (nSPS) is 15.7. The Balaban J connectivity index is 1.90. The van der Waals surface area contributed by atoms with E-state index >= 15 is 0 Å². The van der Waals surface area contributed by atoms with Crippen molar-refractivity contribution < 1.29 is 24.2 Å². The van der Waals surface area contributed by atoms with Crippen molar-refractivity contribution in [3.05, 3.63) is 112 Å². The molecule has 1 aliphatic rings. The number of esters is 2. The number of rotatable bonds is 7. The van der Waals surface area contributed by atoms with Gasteiger partial charge in [-0.05, 0) is 28.8 Å². The van der Waals surface area contributed by atoms with Crippen LogP contribution in [0.1, 0.15) is 16.0 Å². The van der Waals surface area contributed by atoms with E-state index in [9.17, 15) is 14.7 Å². The van der Waals surface area contributed by atoms with Crippen molar-refractivity contribution in [2.75, 3.05) is 14.2 Å². The molecule has 6 nitrogen and oxygen atoms in total. The number of allylic oxidation sites excluding steroid dienone is 2. The minimum Gasteiger partial charge on any atom is -0.465 e. The highest BCUT2D eigenvalue weighted by Crippen LogP contribution is 2.37. The number of aliphatic hydroxyl groups excluding tert-OH is 1. The minimum atomic E-state index is -0.677. The summed E-state index contributed by atoms with van der Waals surface area (Å²) in [5.41, 5.74) is 2.33. The van der Waals surface area contributed by atoms with Gasteiger partial charge in [0.05, 0.1) is 49.6 Å². The van der Waals surface area contributed by atoms with Gasteiger partial charge in [0.25, 0.3) is 0 Å². The number of halogens is 1. The summed E-state index contributed by atoms with van der Waals surface area (Å²) in [5, 5.41) is 11.0. The number of benzene rings is 2. The lowest BCUT2D eigenvalue weighted by atomic mass is 9.94. The molecule has 0 saturated heterocycles. The van der Waals surface area contributed by atoms with E-state index in [1.54, 1.807) is 41.8 Å². The van der Waals surface area contributed by atoms with Crippen LogP contribution in [0.5, 0.6) is 0 Å². The third kappa shape index (κ3) is 5.54. The molecule has 1 aliphatic heterocycles. The molecular formula is C29H26ClNO5S. The lowest BCUT2D eigenvalue weighted by Crippen LogP contribution is -2.30. The Labute approximate surface area is 224 Å². The number of hydrogen-bond donors (Lipinski definition) is 1. The fourth-order valence-corrected chi connectivity index (χ4v) is 5.60. The van der Waals surface area contributed by atoms with Crippen LogP contribution in [0.4, 0.5) is 0 Å². The molecular weight excluding hydrogens is 510 g/mol. The molecule has 0 fully saturated rings. The fraction of sp³-hybridized carbons (Fsp3) is 0.172. The average molecular weight is 536 g/mol. The predicted molar refractivity (Wildman–Crippen MR) is 147 cm³/mol. The zero-order valence-corrected chi connectivity index (χ0v) is 22.0. The van der Waals surface area contributed by atoms with Crippen LogP contribution in [0.3, 0.4) is 0 Å².